The van der Waals surface area contributed by atoms with Crippen molar-refractivity contribution in [3.05, 3.63) is 92.8 Å². The van der Waals surface area contributed by atoms with E-state index in [1.807, 2.05) is 30.3 Å². The molecule has 1 aliphatic rings. The van der Waals surface area contributed by atoms with Crippen LogP contribution in [0.15, 0.2) is 75.8 Å². The summed E-state index contributed by atoms with van der Waals surface area (Å²) in [5.41, 5.74) is 6.80. The van der Waals surface area contributed by atoms with Crippen LogP contribution in [0.5, 0.6) is 0 Å². The molecule has 0 saturated carbocycles. The van der Waals surface area contributed by atoms with E-state index in [9.17, 15) is 14.9 Å². The minimum Gasteiger partial charge on any atom is -0.383 e. The quantitative estimate of drug-likeness (QED) is 0.765. The van der Waals surface area contributed by atoms with Gasteiger partial charge in [-0.1, -0.05) is 48.5 Å². The van der Waals surface area contributed by atoms with Gasteiger partial charge in [-0.15, -0.1) is 0 Å². The van der Waals surface area contributed by atoms with Crippen molar-refractivity contribution in [1.29, 1.82) is 5.26 Å². The number of nitrogens with zero attached hydrogens (tertiary/aromatic N) is 4. The van der Waals surface area contributed by atoms with Gasteiger partial charge in [0, 0.05) is 0 Å². The number of para-hydroxylation sites is 1. The molecule has 0 aliphatic carbocycles. The number of rotatable bonds is 4. The van der Waals surface area contributed by atoms with Gasteiger partial charge >= 0.3 is 11.4 Å². The van der Waals surface area contributed by atoms with Crippen LogP contribution < -0.4 is 17.1 Å². The molecule has 4 rings (SSSR count). The highest BCUT2D eigenvalue weighted by Gasteiger charge is 2.35. The number of aromatic nitrogens is 3. The fraction of sp³-hybridized carbons (Fsp3) is 0.150. The number of nitrogens with two attached hydrogens (primary N) is 1. The van der Waals surface area contributed by atoms with Crippen LogP contribution in [-0.4, -0.2) is 13.9 Å². The lowest BCUT2D eigenvalue weighted by molar-refractivity contribution is 0.469. The van der Waals surface area contributed by atoms with Gasteiger partial charge in [0.1, 0.15) is 11.9 Å². The van der Waals surface area contributed by atoms with Crippen molar-refractivity contribution in [2.24, 2.45) is 5.73 Å². The topological polar surface area (TPSA) is 98.7 Å². The molecule has 0 bridgehead atoms. The second kappa shape index (κ2) is 6.50. The predicted molar refractivity (Wildman–Crippen MR) is 101 cm³/mol. The van der Waals surface area contributed by atoms with E-state index in [1.54, 1.807) is 30.3 Å². The lowest BCUT2D eigenvalue weighted by Gasteiger charge is -2.12. The predicted octanol–water partition coefficient (Wildman–Crippen LogP) is 1.64. The van der Waals surface area contributed by atoms with Crippen LogP contribution in [0.2, 0.25) is 0 Å². The molecule has 0 spiro atoms. The van der Waals surface area contributed by atoms with E-state index in [4.69, 9.17) is 5.73 Å². The molecule has 7 heteroatoms. The molecule has 1 unspecified atom stereocenters. The number of fused-ring (bicyclic) bond motifs is 1. The van der Waals surface area contributed by atoms with Crippen LogP contribution in [-0.2, 0) is 6.42 Å². The van der Waals surface area contributed by atoms with Crippen molar-refractivity contribution in [3.63, 3.8) is 0 Å². The maximum absolute atomic E-state index is 13.0. The smallest absolute Gasteiger partial charge is 0.358 e. The Balaban J connectivity index is 1.82. The Morgan fingerprint density at radius 2 is 1.59 bits per heavy atom. The van der Waals surface area contributed by atoms with Crippen molar-refractivity contribution >= 4 is 5.82 Å². The molecule has 1 aromatic heterocycles. The molecular weight excluding hydrogens is 342 g/mol. The SMILES string of the molecule is N#CC1=C(N)n2c(=O)n(-c3ccccc3)c(=O)n2C1CCc1ccccc1. The number of aryl methyl sites for hydroxylation is 1. The average molecular weight is 359 g/mol. The number of benzene rings is 2. The van der Waals surface area contributed by atoms with Gasteiger partial charge in [-0.2, -0.15) is 9.94 Å². The molecule has 134 valence electrons. The highest BCUT2D eigenvalue weighted by molar-refractivity contribution is 5.57. The third-order valence-corrected chi connectivity index (χ3v) is 4.79. The Hall–Kier alpha value is -3.79. The molecular formula is C20H17N5O2. The van der Waals surface area contributed by atoms with E-state index in [1.165, 1.54) is 4.68 Å². The van der Waals surface area contributed by atoms with Crippen molar-refractivity contribution in [2.45, 2.75) is 18.9 Å². The monoisotopic (exact) mass is 359 g/mol. The van der Waals surface area contributed by atoms with Crippen LogP contribution in [0, 0.1) is 11.3 Å². The van der Waals surface area contributed by atoms with E-state index >= 15 is 0 Å². The van der Waals surface area contributed by atoms with E-state index in [2.05, 4.69) is 6.07 Å². The molecule has 0 fully saturated rings. The van der Waals surface area contributed by atoms with Gasteiger partial charge in [0.2, 0.25) is 0 Å². The van der Waals surface area contributed by atoms with Crippen LogP contribution in [0.25, 0.3) is 11.5 Å². The van der Waals surface area contributed by atoms with Crippen LogP contribution in [0.1, 0.15) is 18.0 Å². The molecule has 1 atom stereocenters. The molecule has 2 aromatic carbocycles. The molecule has 3 aromatic rings. The molecule has 7 nitrogen and oxygen atoms in total. The van der Waals surface area contributed by atoms with Crippen molar-refractivity contribution in [2.75, 3.05) is 0 Å². The van der Waals surface area contributed by atoms with Crippen molar-refractivity contribution in [1.82, 2.24) is 13.9 Å². The molecule has 2 N–H and O–H groups in total. The number of hydrogen-bond donors (Lipinski definition) is 1. The summed E-state index contributed by atoms with van der Waals surface area (Å²) in [5.74, 6) is 0.0207. The summed E-state index contributed by atoms with van der Waals surface area (Å²) in [5, 5.41) is 9.54. The Morgan fingerprint density at radius 3 is 2.22 bits per heavy atom. The second-order valence-electron chi connectivity index (χ2n) is 6.34. The van der Waals surface area contributed by atoms with E-state index in [-0.39, 0.29) is 11.4 Å². The lowest BCUT2D eigenvalue weighted by atomic mass is 10.0. The van der Waals surface area contributed by atoms with Gasteiger partial charge in [-0.3, -0.25) is 0 Å². The van der Waals surface area contributed by atoms with E-state index in [0.717, 1.165) is 14.8 Å². The van der Waals surface area contributed by atoms with E-state index in [0.29, 0.717) is 18.5 Å². The fourth-order valence-electron chi connectivity index (χ4n) is 3.50. The van der Waals surface area contributed by atoms with Gasteiger partial charge < -0.3 is 5.73 Å². The Morgan fingerprint density at radius 1 is 0.963 bits per heavy atom. The maximum Gasteiger partial charge on any atom is 0.358 e. The van der Waals surface area contributed by atoms with Gasteiger partial charge in [-0.25, -0.2) is 18.8 Å². The highest BCUT2D eigenvalue weighted by atomic mass is 16.2. The van der Waals surface area contributed by atoms with Crippen molar-refractivity contribution < 1.29 is 0 Å². The van der Waals surface area contributed by atoms with Crippen LogP contribution in [0.3, 0.4) is 0 Å². The first kappa shape index (κ1) is 16.7. The first-order valence-electron chi connectivity index (χ1n) is 8.59. The summed E-state index contributed by atoms with van der Waals surface area (Å²) in [6.07, 6.45) is 1.15. The minimum atomic E-state index is -0.571. The first-order valence-corrected chi connectivity index (χ1v) is 8.59. The van der Waals surface area contributed by atoms with Gasteiger partial charge in [0.15, 0.2) is 0 Å². The number of nitriles is 1. The zero-order valence-electron chi connectivity index (χ0n) is 14.4. The molecule has 0 amide bonds. The fourth-order valence-corrected chi connectivity index (χ4v) is 3.50. The Bertz CT molecular complexity index is 1180. The maximum atomic E-state index is 13.0. The molecule has 0 saturated heterocycles. The van der Waals surface area contributed by atoms with Crippen molar-refractivity contribution in [3.8, 4) is 11.8 Å². The Labute approximate surface area is 154 Å². The summed E-state index contributed by atoms with van der Waals surface area (Å²) in [6, 6.07) is 20.0. The molecule has 0 radical (unpaired) electrons. The zero-order valence-corrected chi connectivity index (χ0v) is 14.4. The van der Waals surface area contributed by atoms with Gasteiger partial charge in [0.05, 0.1) is 17.3 Å². The van der Waals surface area contributed by atoms with Gasteiger partial charge in [-0.05, 0) is 30.5 Å². The van der Waals surface area contributed by atoms with Gasteiger partial charge in [0.25, 0.3) is 0 Å². The molecule has 1 aliphatic heterocycles. The normalized spacial score (nSPS) is 15.6. The number of allylic oxidation sites excluding steroid dienone is 1. The molecule has 27 heavy (non-hydrogen) atoms. The molecule has 2 heterocycles. The number of hydrogen-bond acceptors (Lipinski definition) is 4. The lowest BCUT2D eigenvalue weighted by Crippen LogP contribution is -2.30. The summed E-state index contributed by atoms with van der Waals surface area (Å²) < 4.78 is 3.49. The standard InChI is InChI=1S/C20H17N5O2/c21-13-16-17(12-11-14-7-3-1-4-8-14)24-19(26)23(15-9-5-2-6-10-15)20(27)25(24)18(16)22/h1-10,17H,11-12,22H2. The summed E-state index contributed by atoms with van der Waals surface area (Å²) in [6.45, 7) is 0. The second-order valence-corrected chi connectivity index (χ2v) is 6.34. The summed E-state index contributed by atoms with van der Waals surface area (Å²) in [7, 11) is 0. The zero-order chi connectivity index (χ0) is 19.0. The largest absolute Gasteiger partial charge is 0.383 e. The highest BCUT2D eigenvalue weighted by Crippen LogP contribution is 2.29. The third kappa shape index (κ3) is 2.59. The van der Waals surface area contributed by atoms with E-state index < -0.39 is 17.4 Å². The third-order valence-electron chi connectivity index (χ3n) is 4.79. The summed E-state index contributed by atoms with van der Waals surface area (Å²) >= 11 is 0. The minimum absolute atomic E-state index is 0.0207. The Kier molecular flexibility index (Phi) is 4.01. The average Bonchev–Trinajstić information content (AvgIpc) is 3.13. The first-order chi connectivity index (χ1) is 13.1. The van der Waals surface area contributed by atoms with Crippen LogP contribution >= 0.6 is 0 Å². The van der Waals surface area contributed by atoms with Crippen LogP contribution in [0.4, 0.5) is 0 Å². The summed E-state index contributed by atoms with van der Waals surface area (Å²) in [4.78, 5) is 25.9.